The van der Waals surface area contributed by atoms with E-state index in [-0.39, 0.29) is 0 Å². The Morgan fingerprint density at radius 2 is 0.565 bits per heavy atom. The summed E-state index contributed by atoms with van der Waals surface area (Å²) in [5, 5.41) is 3.56. The van der Waals surface area contributed by atoms with Crippen molar-refractivity contribution in [1.82, 2.24) is 19.9 Å². The van der Waals surface area contributed by atoms with Crippen LogP contribution in [0.15, 0.2) is 231 Å². The van der Waals surface area contributed by atoms with E-state index < -0.39 is 0 Å². The molecule has 0 N–H and O–H groups in total. The summed E-state index contributed by atoms with van der Waals surface area (Å²) in [6.45, 7) is 0. The molecule has 0 radical (unpaired) electrons. The first-order chi connectivity index (χ1) is 30.7. The fourth-order valence-electron chi connectivity index (χ4n) is 8.23. The molecule has 0 aliphatic rings. The molecule has 0 saturated heterocycles. The van der Waals surface area contributed by atoms with Crippen molar-refractivity contribution < 1.29 is 0 Å². The highest BCUT2D eigenvalue weighted by Crippen LogP contribution is 2.33. The Morgan fingerprint density at radius 1 is 0.226 bits per heavy atom. The summed E-state index contributed by atoms with van der Waals surface area (Å²) in [5.41, 5.74) is 15.3. The van der Waals surface area contributed by atoms with Gasteiger partial charge in [0.1, 0.15) is 0 Å². The van der Waals surface area contributed by atoms with E-state index in [2.05, 4.69) is 212 Å². The van der Waals surface area contributed by atoms with Crippen LogP contribution in [0, 0.1) is 0 Å². The van der Waals surface area contributed by atoms with Crippen molar-refractivity contribution in [2.24, 2.45) is 0 Å². The van der Waals surface area contributed by atoms with Gasteiger partial charge in [0, 0.05) is 33.7 Å². The summed E-state index contributed by atoms with van der Waals surface area (Å²) < 4.78 is 0. The second kappa shape index (κ2) is 16.0. The van der Waals surface area contributed by atoms with Crippen LogP contribution >= 0.6 is 0 Å². The molecule has 4 heteroatoms. The van der Waals surface area contributed by atoms with E-state index >= 15 is 0 Å². The van der Waals surface area contributed by atoms with Crippen LogP contribution < -0.4 is 0 Å². The largest absolute Gasteiger partial charge is 0.256 e. The summed E-state index contributed by atoms with van der Waals surface area (Å²) in [5.74, 6) is 1.89. The van der Waals surface area contributed by atoms with Crippen LogP contribution in [-0.2, 0) is 0 Å². The second-order valence-corrected chi connectivity index (χ2v) is 15.5. The van der Waals surface area contributed by atoms with E-state index in [9.17, 15) is 0 Å². The van der Waals surface area contributed by atoms with E-state index in [1.54, 1.807) is 0 Å². The summed E-state index contributed by atoms with van der Waals surface area (Å²) in [6.07, 6.45) is 1.96. The van der Waals surface area contributed by atoms with Crippen molar-refractivity contribution in [3.63, 3.8) is 0 Å². The molecule has 0 atom stereocenters. The van der Waals surface area contributed by atoms with Crippen LogP contribution in [0.2, 0.25) is 0 Å². The van der Waals surface area contributed by atoms with Crippen LogP contribution in [0.25, 0.3) is 111 Å². The lowest BCUT2D eigenvalue weighted by molar-refractivity contribution is 1.07. The molecule has 290 valence electrons. The van der Waals surface area contributed by atoms with Crippen molar-refractivity contribution in [3.05, 3.63) is 231 Å². The minimum Gasteiger partial charge on any atom is -0.256 e. The number of benzene rings is 9. The topological polar surface area (TPSA) is 51.6 Å². The summed E-state index contributed by atoms with van der Waals surface area (Å²) in [6, 6.07) is 78.7. The normalized spacial score (nSPS) is 11.2. The minimum absolute atomic E-state index is 0.625. The highest BCUT2D eigenvalue weighted by Gasteiger charge is 2.14. The third kappa shape index (κ3) is 7.31. The highest BCUT2D eigenvalue weighted by atomic mass is 15.0. The molecule has 9 aromatic carbocycles. The lowest BCUT2D eigenvalue weighted by atomic mass is 9.96. The van der Waals surface area contributed by atoms with Crippen molar-refractivity contribution in [3.8, 4) is 89.8 Å². The fraction of sp³-hybridized carbons (Fsp3) is 0. The molecule has 0 aliphatic heterocycles. The first-order valence-corrected chi connectivity index (χ1v) is 20.9. The number of nitrogens with zero attached hydrogens (tertiary/aromatic N) is 4. The van der Waals surface area contributed by atoms with Crippen molar-refractivity contribution in [2.45, 2.75) is 0 Å². The van der Waals surface area contributed by atoms with E-state index in [1.807, 2.05) is 18.3 Å². The molecule has 0 fully saturated rings. The van der Waals surface area contributed by atoms with Crippen LogP contribution in [0.5, 0.6) is 0 Å². The predicted molar refractivity (Wildman–Crippen MR) is 256 cm³/mol. The Labute approximate surface area is 360 Å². The number of hydrogen-bond donors (Lipinski definition) is 0. The first kappa shape index (κ1) is 36.7. The molecule has 0 spiro atoms. The van der Waals surface area contributed by atoms with Gasteiger partial charge in [-0.15, -0.1) is 0 Å². The van der Waals surface area contributed by atoms with Gasteiger partial charge in [0.2, 0.25) is 0 Å². The van der Waals surface area contributed by atoms with Gasteiger partial charge in [-0.2, -0.15) is 0 Å². The Balaban J connectivity index is 0.882. The Morgan fingerprint density at radius 3 is 1.03 bits per heavy atom. The summed E-state index contributed by atoms with van der Waals surface area (Å²) >= 11 is 0. The fourth-order valence-corrected chi connectivity index (χ4v) is 8.23. The molecule has 2 heterocycles. The third-order valence-corrected chi connectivity index (χ3v) is 11.6. The van der Waals surface area contributed by atoms with E-state index in [0.717, 1.165) is 72.1 Å². The Kier molecular flexibility index (Phi) is 9.49. The standard InChI is InChI=1S/C58H38N4/c1-3-10-39(11-4-1)41-22-28-46(29-23-41)56-60-57(47-30-24-42(25-31-47)40-12-5-2-6-13-40)62-58(61-56)48-32-26-44(27-33-48)50-16-9-15-49(36-50)43-18-20-45(21-19-43)51-34-35-54-53-17-8-7-14-52(53)38-59-55(54)37-51/h1-38H. The average Bonchev–Trinajstić information content (AvgIpc) is 3.37. The monoisotopic (exact) mass is 790 g/mol. The number of rotatable bonds is 8. The van der Waals surface area contributed by atoms with Gasteiger partial charge in [0.15, 0.2) is 17.5 Å². The maximum absolute atomic E-state index is 5.05. The molecule has 0 bridgehead atoms. The quantitative estimate of drug-likeness (QED) is 0.144. The molecular weight excluding hydrogens is 753 g/mol. The van der Waals surface area contributed by atoms with Gasteiger partial charge in [-0.3, -0.25) is 4.98 Å². The Bertz CT molecular complexity index is 3240. The molecule has 0 amide bonds. The third-order valence-electron chi connectivity index (χ3n) is 11.6. The van der Waals surface area contributed by atoms with Crippen LogP contribution in [0.1, 0.15) is 0 Å². The number of fused-ring (bicyclic) bond motifs is 3. The number of pyridine rings is 1. The zero-order valence-corrected chi connectivity index (χ0v) is 33.7. The van der Waals surface area contributed by atoms with Gasteiger partial charge >= 0.3 is 0 Å². The lowest BCUT2D eigenvalue weighted by Crippen LogP contribution is -2.00. The predicted octanol–water partition coefficient (Wildman–Crippen LogP) is 14.9. The lowest BCUT2D eigenvalue weighted by Gasteiger charge is -2.11. The highest BCUT2D eigenvalue weighted by molar-refractivity contribution is 6.06. The zero-order valence-electron chi connectivity index (χ0n) is 33.7. The summed E-state index contributed by atoms with van der Waals surface area (Å²) in [4.78, 5) is 19.9. The van der Waals surface area contributed by atoms with E-state index in [0.29, 0.717) is 17.5 Å². The molecule has 4 nitrogen and oxygen atoms in total. The van der Waals surface area contributed by atoms with Gasteiger partial charge in [0.05, 0.1) is 5.52 Å². The van der Waals surface area contributed by atoms with Crippen molar-refractivity contribution in [2.75, 3.05) is 0 Å². The maximum atomic E-state index is 5.05. The molecule has 11 aromatic rings. The number of hydrogen-bond acceptors (Lipinski definition) is 4. The van der Waals surface area contributed by atoms with Crippen molar-refractivity contribution in [1.29, 1.82) is 0 Å². The van der Waals surface area contributed by atoms with Gasteiger partial charge in [-0.25, -0.2) is 15.0 Å². The van der Waals surface area contributed by atoms with Gasteiger partial charge < -0.3 is 0 Å². The molecular formula is C58H38N4. The van der Waals surface area contributed by atoms with Crippen molar-refractivity contribution >= 4 is 21.7 Å². The Hall–Kier alpha value is -8.34. The van der Waals surface area contributed by atoms with Crippen LogP contribution in [0.4, 0.5) is 0 Å². The van der Waals surface area contributed by atoms with E-state index in [1.165, 1.54) is 21.9 Å². The second-order valence-electron chi connectivity index (χ2n) is 15.5. The minimum atomic E-state index is 0.625. The van der Waals surface area contributed by atoms with Gasteiger partial charge in [-0.1, -0.05) is 212 Å². The van der Waals surface area contributed by atoms with Gasteiger partial charge in [0.25, 0.3) is 0 Å². The zero-order chi connectivity index (χ0) is 41.2. The van der Waals surface area contributed by atoms with Crippen LogP contribution in [-0.4, -0.2) is 19.9 Å². The molecule has 0 unspecified atom stereocenters. The maximum Gasteiger partial charge on any atom is 0.164 e. The molecule has 0 aliphatic carbocycles. The molecule has 2 aromatic heterocycles. The number of aromatic nitrogens is 4. The smallest absolute Gasteiger partial charge is 0.164 e. The SMILES string of the molecule is c1ccc(-c2ccc(-c3nc(-c4ccc(-c5ccccc5)cc4)nc(-c4ccc(-c5cccc(-c6ccc(-c7ccc8c(c7)ncc7ccccc78)cc6)c5)cc4)n3)cc2)cc1. The summed E-state index contributed by atoms with van der Waals surface area (Å²) in [7, 11) is 0. The first-order valence-electron chi connectivity index (χ1n) is 20.9. The van der Waals surface area contributed by atoms with Crippen LogP contribution in [0.3, 0.4) is 0 Å². The van der Waals surface area contributed by atoms with E-state index in [4.69, 9.17) is 19.9 Å². The molecule has 62 heavy (non-hydrogen) atoms. The van der Waals surface area contributed by atoms with Gasteiger partial charge in [-0.05, 0) is 73.2 Å². The molecule has 0 saturated carbocycles. The average molecular weight is 791 g/mol. The molecule has 11 rings (SSSR count).